The summed E-state index contributed by atoms with van der Waals surface area (Å²) >= 11 is 0. The van der Waals surface area contributed by atoms with Crippen LogP contribution >= 0.6 is 0 Å². The number of hydrogen-bond donors (Lipinski definition) is 2. The van der Waals surface area contributed by atoms with E-state index in [4.69, 9.17) is 5.73 Å². The van der Waals surface area contributed by atoms with Crippen LogP contribution in [0, 0.1) is 6.92 Å². The molecule has 0 bridgehead atoms. The van der Waals surface area contributed by atoms with E-state index in [0.717, 1.165) is 0 Å². The summed E-state index contributed by atoms with van der Waals surface area (Å²) in [7, 11) is 0. The maximum atomic E-state index is 11.4. The second-order valence-electron chi connectivity index (χ2n) is 3.02. The molecule has 0 atom stereocenters. The van der Waals surface area contributed by atoms with Crippen molar-refractivity contribution in [3.8, 4) is 11.5 Å². The van der Waals surface area contributed by atoms with E-state index in [9.17, 15) is 4.79 Å². The van der Waals surface area contributed by atoms with Crippen molar-refractivity contribution in [2.24, 2.45) is 0 Å². The molecule has 2 heterocycles. The first kappa shape index (κ1) is 9.32. The second-order valence-corrected chi connectivity index (χ2v) is 3.02. The Kier molecular flexibility index (Phi) is 2.17. The van der Waals surface area contributed by atoms with Crippen LogP contribution in [0.2, 0.25) is 0 Å². The van der Waals surface area contributed by atoms with Crippen molar-refractivity contribution in [2.45, 2.75) is 6.92 Å². The largest absolute Gasteiger partial charge is 0.383 e. The molecule has 0 aliphatic rings. The number of aromatic amines is 1. The number of nitrogen functional groups attached to an aromatic ring is 1. The zero-order chi connectivity index (χ0) is 10.8. The third-order valence-electron chi connectivity index (χ3n) is 2.01. The van der Waals surface area contributed by atoms with Gasteiger partial charge in [0.1, 0.15) is 17.8 Å². The number of hydrogen-bond acceptors (Lipinski definition) is 5. The van der Waals surface area contributed by atoms with E-state index in [0.29, 0.717) is 17.1 Å². The summed E-state index contributed by atoms with van der Waals surface area (Å²) in [5, 5.41) is 0. The van der Waals surface area contributed by atoms with Crippen molar-refractivity contribution in [1.82, 2.24) is 19.9 Å². The summed E-state index contributed by atoms with van der Waals surface area (Å²) in [6.07, 6.45) is 2.95. The summed E-state index contributed by atoms with van der Waals surface area (Å²) in [6, 6.07) is 1.65. The topological polar surface area (TPSA) is 97.5 Å². The second kappa shape index (κ2) is 3.49. The molecule has 2 aromatic rings. The SMILES string of the molecule is Cc1c(N)nc(-c2ccncn2)[nH]c1=O. The van der Waals surface area contributed by atoms with E-state index >= 15 is 0 Å². The number of anilines is 1. The minimum Gasteiger partial charge on any atom is -0.383 e. The molecule has 2 aromatic heterocycles. The highest BCUT2D eigenvalue weighted by molar-refractivity contribution is 5.51. The number of aromatic nitrogens is 4. The fraction of sp³-hybridized carbons (Fsp3) is 0.111. The van der Waals surface area contributed by atoms with Crippen molar-refractivity contribution >= 4 is 5.82 Å². The maximum absolute atomic E-state index is 11.4. The number of nitrogens with one attached hydrogen (secondary N) is 1. The van der Waals surface area contributed by atoms with Gasteiger partial charge in [-0.05, 0) is 13.0 Å². The van der Waals surface area contributed by atoms with Gasteiger partial charge in [0.05, 0.1) is 5.56 Å². The number of H-pyrrole nitrogens is 1. The molecule has 0 saturated heterocycles. The molecule has 0 aliphatic heterocycles. The van der Waals surface area contributed by atoms with E-state index in [1.165, 1.54) is 6.33 Å². The highest BCUT2D eigenvalue weighted by atomic mass is 16.1. The Hall–Kier alpha value is -2.24. The van der Waals surface area contributed by atoms with Crippen LogP contribution in [0.1, 0.15) is 5.56 Å². The van der Waals surface area contributed by atoms with Crippen LogP contribution in [-0.4, -0.2) is 19.9 Å². The molecule has 0 amide bonds. The van der Waals surface area contributed by atoms with E-state index in [1.54, 1.807) is 19.2 Å². The lowest BCUT2D eigenvalue weighted by molar-refractivity contribution is 1.06. The molecule has 0 fully saturated rings. The van der Waals surface area contributed by atoms with Crippen LogP contribution in [0.25, 0.3) is 11.5 Å². The number of nitrogens with two attached hydrogens (primary N) is 1. The number of nitrogens with zero attached hydrogens (tertiary/aromatic N) is 3. The molecule has 0 unspecified atom stereocenters. The zero-order valence-electron chi connectivity index (χ0n) is 8.06. The fourth-order valence-corrected chi connectivity index (χ4v) is 1.10. The predicted molar refractivity (Wildman–Crippen MR) is 55.0 cm³/mol. The van der Waals surface area contributed by atoms with Crippen LogP contribution in [0.5, 0.6) is 0 Å². The summed E-state index contributed by atoms with van der Waals surface area (Å²) in [4.78, 5) is 25.8. The third kappa shape index (κ3) is 1.69. The van der Waals surface area contributed by atoms with Crippen molar-refractivity contribution in [1.29, 1.82) is 0 Å². The Morgan fingerprint density at radius 3 is 2.87 bits per heavy atom. The lowest BCUT2D eigenvalue weighted by Crippen LogP contribution is -2.15. The molecule has 0 aliphatic carbocycles. The molecule has 0 saturated carbocycles. The monoisotopic (exact) mass is 203 g/mol. The molecular formula is C9H9N5O. The molecule has 76 valence electrons. The first-order valence-electron chi connectivity index (χ1n) is 4.31. The summed E-state index contributed by atoms with van der Waals surface area (Å²) in [5.74, 6) is 0.567. The minimum atomic E-state index is -0.254. The zero-order valence-corrected chi connectivity index (χ0v) is 8.06. The smallest absolute Gasteiger partial charge is 0.256 e. The molecule has 2 rings (SSSR count). The van der Waals surface area contributed by atoms with E-state index < -0.39 is 0 Å². The Morgan fingerprint density at radius 2 is 2.27 bits per heavy atom. The average molecular weight is 203 g/mol. The average Bonchev–Trinajstić information content (AvgIpc) is 2.26. The molecule has 3 N–H and O–H groups in total. The van der Waals surface area contributed by atoms with Gasteiger partial charge in [0.15, 0.2) is 5.82 Å². The fourth-order valence-electron chi connectivity index (χ4n) is 1.10. The molecule has 15 heavy (non-hydrogen) atoms. The van der Waals surface area contributed by atoms with Crippen molar-refractivity contribution in [2.75, 3.05) is 5.73 Å². The summed E-state index contributed by atoms with van der Waals surface area (Å²) < 4.78 is 0. The van der Waals surface area contributed by atoms with Gasteiger partial charge in [-0.3, -0.25) is 4.79 Å². The van der Waals surface area contributed by atoms with Gasteiger partial charge in [-0.1, -0.05) is 0 Å². The van der Waals surface area contributed by atoms with Gasteiger partial charge in [-0.25, -0.2) is 15.0 Å². The summed E-state index contributed by atoms with van der Waals surface area (Å²) in [6.45, 7) is 1.62. The molecule has 0 aromatic carbocycles. The van der Waals surface area contributed by atoms with Gasteiger partial charge >= 0.3 is 0 Å². The normalized spacial score (nSPS) is 10.2. The molecule has 6 heteroatoms. The van der Waals surface area contributed by atoms with Crippen LogP contribution in [-0.2, 0) is 0 Å². The number of rotatable bonds is 1. The van der Waals surface area contributed by atoms with Crippen LogP contribution in [0.15, 0.2) is 23.4 Å². The van der Waals surface area contributed by atoms with Gasteiger partial charge in [-0.2, -0.15) is 0 Å². The van der Waals surface area contributed by atoms with Crippen molar-refractivity contribution in [3.63, 3.8) is 0 Å². The van der Waals surface area contributed by atoms with E-state index in [1.807, 2.05) is 0 Å². The predicted octanol–water partition coefficient (Wildman–Crippen LogP) is 0.118. The quantitative estimate of drug-likeness (QED) is 0.685. The molecule has 6 nitrogen and oxygen atoms in total. The third-order valence-corrected chi connectivity index (χ3v) is 2.01. The lowest BCUT2D eigenvalue weighted by atomic mass is 10.3. The first-order chi connectivity index (χ1) is 7.18. The first-order valence-corrected chi connectivity index (χ1v) is 4.31. The van der Waals surface area contributed by atoms with E-state index in [-0.39, 0.29) is 11.4 Å². The van der Waals surface area contributed by atoms with Crippen LogP contribution < -0.4 is 11.3 Å². The molecular weight excluding hydrogens is 194 g/mol. The Labute approximate surface area is 85.2 Å². The Balaban J connectivity index is 2.61. The minimum absolute atomic E-state index is 0.215. The Bertz CT molecular complexity index is 534. The maximum Gasteiger partial charge on any atom is 0.256 e. The lowest BCUT2D eigenvalue weighted by Gasteiger charge is -2.02. The van der Waals surface area contributed by atoms with Gasteiger partial charge < -0.3 is 10.7 Å². The highest BCUT2D eigenvalue weighted by Gasteiger charge is 2.06. The standard InChI is InChI=1S/C9H9N5O/c1-5-7(10)13-8(14-9(5)15)6-2-3-11-4-12-6/h2-4H,1H3,(H3,10,13,14,15). The molecule has 0 spiro atoms. The van der Waals surface area contributed by atoms with Gasteiger partial charge in [0, 0.05) is 6.20 Å². The molecule has 0 radical (unpaired) electrons. The van der Waals surface area contributed by atoms with E-state index in [2.05, 4.69) is 19.9 Å². The van der Waals surface area contributed by atoms with Crippen molar-refractivity contribution in [3.05, 3.63) is 34.5 Å². The van der Waals surface area contributed by atoms with Crippen molar-refractivity contribution < 1.29 is 0 Å². The van der Waals surface area contributed by atoms with Crippen LogP contribution in [0.3, 0.4) is 0 Å². The van der Waals surface area contributed by atoms with Gasteiger partial charge in [0.2, 0.25) is 0 Å². The Morgan fingerprint density at radius 1 is 1.47 bits per heavy atom. The van der Waals surface area contributed by atoms with Gasteiger partial charge in [-0.15, -0.1) is 0 Å². The van der Waals surface area contributed by atoms with Gasteiger partial charge in [0.25, 0.3) is 5.56 Å². The highest BCUT2D eigenvalue weighted by Crippen LogP contribution is 2.10. The summed E-state index contributed by atoms with van der Waals surface area (Å²) in [5.41, 5.74) is 6.28. The van der Waals surface area contributed by atoms with Crippen LogP contribution in [0.4, 0.5) is 5.82 Å².